The maximum atomic E-state index is 13.8. The molecule has 0 unspecified atom stereocenters. The van der Waals surface area contributed by atoms with E-state index in [9.17, 15) is 19.2 Å². The van der Waals surface area contributed by atoms with E-state index < -0.39 is 17.7 Å². The van der Waals surface area contributed by atoms with Crippen LogP contribution in [0.5, 0.6) is 0 Å². The van der Waals surface area contributed by atoms with Crippen LogP contribution in [0.2, 0.25) is 0 Å². The number of amides is 4. The summed E-state index contributed by atoms with van der Waals surface area (Å²) in [5.41, 5.74) is 4.12. The van der Waals surface area contributed by atoms with Crippen LogP contribution >= 0.6 is 0 Å². The molecule has 2 heterocycles. The molecule has 1 aromatic heterocycles. The van der Waals surface area contributed by atoms with Crippen molar-refractivity contribution in [2.75, 3.05) is 30.4 Å². The van der Waals surface area contributed by atoms with Gasteiger partial charge in [-0.3, -0.25) is 14.4 Å². The van der Waals surface area contributed by atoms with Crippen LogP contribution in [0.15, 0.2) is 72.8 Å². The fourth-order valence-corrected chi connectivity index (χ4v) is 6.98. The number of para-hydroxylation sites is 1. The summed E-state index contributed by atoms with van der Waals surface area (Å²) in [5, 5.41) is 26.0. The van der Waals surface area contributed by atoms with E-state index in [1.165, 1.54) is 0 Å². The van der Waals surface area contributed by atoms with Gasteiger partial charge in [0.15, 0.2) is 0 Å². The van der Waals surface area contributed by atoms with Gasteiger partial charge >= 0.3 is 6.09 Å². The molecule has 2 aliphatic rings. The van der Waals surface area contributed by atoms with E-state index >= 15 is 0 Å². The van der Waals surface area contributed by atoms with Crippen molar-refractivity contribution in [2.24, 2.45) is 17.8 Å². The van der Waals surface area contributed by atoms with Crippen LogP contribution in [-0.2, 0) is 30.3 Å². The van der Waals surface area contributed by atoms with Crippen LogP contribution in [0, 0.1) is 17.8 Å². The Labute approximate surface area is 320 Å². The second-order valence-electron chi connectivity index (χ2n) is 15.3. The number of hydrogen-bond acceptors (Lipinski definition) is 9. The summed E-state index contributed by atoms with van der Waals surface area (Å²) in [4.78, 5) is 52.7. The van der Waals surface area contributed by atoms with Crippen LogP contribution in [0.4, 0.5) is 16.2 Å². The molecule has 4 aromatic rings. The first kappa shape index (κ1) is 39.1. The monoisotopic (exact) mass is 750 g/mol. The highest BCUT2D eigenvalue weighted by molar-refractivity contribution is 5.98. The highest BCUT2D eigenvalue weighted by Crippen LogP contribution is 2.31. The maximum Gasteiger partial charge on any atom is 0.407 e. The van der Waals surface area contributed by atoms with Crippen molar-refractivity contribution in [3.63, 3.8) is 0 Å². The first-order valence-electron chi connectivity index (χ1n) is 19.0. The number of benzene rings is 3. The zero-order valence-electron chi connectivity index (χ0n) is 31.6. The van der Waals surface area contributed by atoms with Gasteiger partial charge in [-0.1, -0.05) is 42.5 Å². The predicted molar refractivity (Wildman–Crippen MR) is 208 cm³/mol. The number of aromatic amines is 1. The average molecular weight is 751 g/mol. The SMILES string of the molecule is CC(C)(C)OC(=O)NCC1CCC(C(=O)N[C@@H](Cc2ccc(-c3ccccc3NC(=O)C3CCOCC3)cc2)C(=O)Nc2ccc(-c3nn[nH]n3)cc2)CC1. The van der Waals surface area contributed by atoms with Gasteiger partial charge in [0.1, 0.15) is 11.6 Å². The zero-order valence-corrected chi connectivity index (χ0v) is 31.6. The van der Waals surface area contributed by atoms with Crippen LogP contribution in [0.3, 0.4) is 0 Å². The largest absolute Gasteiger partial charge is 0.444 e. The molecule has 5 N–H and O–H groups in total. The van der Waals surface area contributed by atoms with Crippen molar-refractivity contribution in [1.29, 1.82) is 0 Å². The Morgan fingerprint density at radius 2 is 1.49 bits per heavy atom. The Balaban J connectivity index is 1.12. The molecule has 14 nitrogen and oxygen atoms in total. The lowest BCUT2D eigenvalue weighted by molar-refractivity contribution is -0.130. The standard InChI is InChI=1S/C41H50N8O6/c1-41(2,3)55-40(53)42-25-27-10-14-30(15-11-27)37(50)45-35(39(52)43-32-18-16-29(17-19-32)36-46-48-49-47-36)24-26-8-12-28(13-9-26)33-6-4-5-7-34(33)44-38(51)31-20-22-54-23-21-31/h4-9,12-13,16-19,27,30-31,35H,10-11,14-15,20-25H2,1-3H3,(H,42,53)(H,43,52)(H,44,51)(H,45,50)(H,46,47,48,49)/t27?,30?,35-/m0/s1. The van der Waals surface area contributed by atoms with E-state index in [-0.39, 0.29) is 41.9 Å². The molecule has 0 bridgehead atoms. The summed E-state index contributed by atoms with van der Waals surface area (Å²) in [6.07, 6.45) is 4.07. The van der Waals surface area contributed by atoms with Crippen molar-refractivity contribution in [3.05, 3.63) is 78.4 Å². The zero-order chi connectivity index (χ0) is 38.8. The second kappa shape index (κ2) is 18.1. The molecule has 4 amide bonds. The molecule has 0 spiro atoms. The van der Waals surface area contributed by atoms with Crippen molar-refractivity contribution in [1.82, 2.24) is 31.3 Å². The molecule has 1 saturated heterocycles. The van der Waals surface area contributed by atoms with Gasteiger partial charge in [-0.2, -0.15) is 5.21 Å². The quantitative estimate of drug-likeness (QED) is 0.118. The number of aromatic nitrogens is 4. The van der Waals surface area contributed by atoms with Gasteiger partial charge in [-0.25, -0.2) is 4.79 Å². The van der Waals surface area contributed by atoms with Crippen LogP contribution < -0.4 is 21.3 Å². The number of carbonyl (C=O) groups is 4. The van der Waals surface area contributed by atoms with E-state index in [0.29, 0.717) is 57.0 Å². The fraction of sp³-hybridized carbons (Fsp3) is 0.439. The number of hydrogen-bond donors (Lipinski definition) is 5. The smallest absolute Gasteiger partial charge is 0.407 e. The Bertz CT molecular complexity index is 1900. The van der Waals surface area contributed by atoms with Gasteiger partial charge in [0.2, 0.25) is 23.5 Å². The molecular weight excluding hydrogens is 701 g/mol. The molecule has 1 atom stereocenters. The molecule has 2 fully saturated rings. The summed E-state index contributed by atoms with van der Waals surface area (Å²) in [7, 11) is 0. The van der Waals surface area contributed by atoms with Crippen molar-refractivity contribution in [2.45, 2.75) is 77.4 Å². The fourth-order valence-electron chi connectivity index (χ4n) is 6.98. The number of nitrogens with zero attached hydrogens (tertiary/aromatic N) is 3. The van der Waals surface area contributed by atoms with E-state index in [0.717, 1.165) is 40.8 Å². The summed E-state index contributed by atoms with van der Waals surface area (Å²) >= 11 is 0. The third-order valence-corrected chi connectivity index (χ3v) is 10.0. The predicted octanol–water partition coefficient (Wildman–Crippen LogP) is 5.90. The van der Waals surface area contributed by atoms with E-state index in [2.05, 4.69) is 41.9 Å². The number of rotatable bonds is 12. The highest BCUT2D eigenvalue weighted by Gasteiger charge is 2.30. The Kier molecular flexibility index (Phi) is 12.9. The Morgan fingerprint density at radius 1 is 0.818 bits per heavy atom. The second-order valence-corrected chi connectivity index (χ2v) is 15.3. The molecule has 1 aliphatic carbocycles. The number of ether oxygens (including phenoxy) is 2. The lowest BCUT2D eigenvalue weighted by atomic mass is 9.81. The number of tetrazole rings is 1. The average Bonchev–Trinajstić information content (AvgIpc) is 3.73. The Hall–Kier alpha value is -5.63. The normalized spacial score (nSPS) is 18.1. The van der Waals surface area contributed by atoms with Gasteiger partial charge in [0.25, 0.3) is 0 Å². The first-order valence-corrected chi connectivity index (χ1v) is 19.0. The summed E-state index contributed by atoms with van der Waals surface area (Å²) in [5.74, 6) is -0.179. The lowest BCUT2D eigenvalue weighted by Gasteiger charge is -2.29. The molecular formula is C41H50N8O6. The topological polar surface area (TPSA) is 189 Å². The summed E-state index contributed by atoms with van der Waals surface area (Å²) in [6.45, 7) is 7.14. The molecule has 1 saturated carbocycles. The maximum absolute atomic E-state index is 13.8. The Morgan fingerprint density at radius 3 is 2.16 bits per heavy atom. The molecule has 55 heavy (non-hydrogen) atoms. The van der Waals surface area contributed by atoms with Crippen LogP contribution in [-0.4, -0.2) is 75.8 Å². The summed E-state index contributed by atoms with van der Waals surface area (Å²) in [6, 6.07) is 21.7. The molecule has 1 aliphatic heterocycles. The molecule has 6 rings (SSSR count). The number of nitrogens with one attached hydrogen (secondary N) is 5. The van der Waals surface area contributed by atoms with Crippen molar-refractivity contribution >= 4 is 35.2 Å². The van der Waals surface area contributed by atoms with Gasteiger partial charge in [0, 0.05) is 60.5 Å². The number of carbonyl (C=O) groups excluding carboxylic acids is 4. The van der Waals surface area contributed by atoms with E-state index in [1.54, 1.807) is 24.3 Å². The lowest BCUT2D eigenvalue weighted by Crippen LogP contribution is -2.48. The van der Waals surface area contributed by atoms with Gasteiger partial charge in [-0.05, 0) is 112 Å². The third-order valence-electron chi connectivity index (χ3n) is 10.0. The minimum absolute atomic E-state index is 0.00706. The van der Waals surface area contributed by atoms with Gasteiger partial charge < -0.3 is 30.7 Å². The minimum Gasteiger partial charge on any atom is -0.444 e. The first-order chi connectivity index (χ1) is 26.5. The van der Waals surface area contributed by atoms with Crippen LogP contribution in [0.1, 0.15) is 64.9 Å². The molecule has 3 aromatic carbocycles. The summed E-state index contributed by atoms with van der Waals surface area (Å²) < 4.78 is 10.8. The highest BCUT2D eigenvalue weighted by atomic mass is 16.6. The van der Waals surface area contributed by atoms with Crippen molar-refractivity contribution < 1.29 is 28.7 Å². The molecule has 0 radical (unpaired) electrons. The number of anilines is 2. The molecule has 290 valence electrons. The number of H-pyrrole nitrogens is 1. The number of alkyl carbamates (subject to hydrolysis) is 1. The van der Waals surface area contributed by atoms with Crippen LogP contribution in [0.25, 0.3) is 22.5 Å². The van der Waals surface area contributed by atoms with Gasteiger partial charge in [0.05, 0.1) is 0 Å². The van der Waals surface area contributed by atoms with Gasteiger partial charge in [-0.15, -0.1) is 10.2 Å². The minimum atomic E-state index is -0.854. The van der Waals surface area contributed by atoms with E-state index in [4.69, 9.17) is 9.47 Å². The third kappa shape index (κ3) is 11.2. The van der Waals surface area contributed by atoms with E-state index in [1.807, 2.05) is 69.3 Å². The van der Waals surface area contributed by atoms with Crippen molar-refractivity contribution in [3.8, 4) is 22.5 Å². The molecule has 14 heteroatoms.